The first-order chi connectivity index (χ1) is 5.93. The summed E-state index contributed by atoms with van der Waals surface area (Å²) < 4.78 is 0. The maximum Gasteiger partial charge on any atom is 0.317 e. The van der Waals surface area contributed by atoms with Gasteiger partial charge in [-0.2, -0.15) is 0 Å². The fourth-order valence-electron chi connectivity index (χ4n) is 0.952. The number of carbonyl (C=O) groups is 1. The summed E-state index contributed by atoms with van der Waals surface area (Å²) in [6.45, 7) is 7.19. The number of carbonyl (C=O) groups excluding carboxylic acids is 1. The Morgan fingerprint density at radius 3 is 2.46 bits per heavy atom. The van der Waals surface area contributed by atoms with Gasteiger partial charge in [-0.3, -0.25) is 0 Å². The van der Waals surface area contributed by atoms with E-state index in [9.17, 15) is 4.79 Å². The lowest BCUT2D eigenvalue weighted by Gasteiger charge is -2.28. The number of urea groups is 1. The smallest absolute Gasteiger partial charge is 0.317 e. The van der Waals surface area contributed by atoms with Gasteiger partial charge in [0.05, 0.1) is 0 Å². The summed E-state index contributed by atoms with van der Waals surface area (Å²) in [5.41, 5.74) is 5.22. The van der Waals surface area contributed by atoms with E-state index in [2.05, 4.69) is 5.32 Å². The summed E-state index contributed by atoms with van der Waals surface area (Å²) in [6, 6.07) is -0.0408. The normalized spacial score (nSPS) is 11.2. The number of amides is 2. The molecule has 2 amide bonds. The Balaban J connectivity index is 4.03. The molecule has 0 rings (SSSR count). The second kappa shape index (κ2) is 5.07. The van der Waals surface area contributed by atoms with Crippen LogP contribution in [0.4, 0.5) is 4.79 Å². The molecule has 0 aliphatic heterocycles. The van der Waals surface area contributed by atoms with Crippen LogP contribution in [0.5, 0.6) is 0 Å². The van der Waals surface area contributed by atoms with E-state index in [1.54, 1.807) is 11.9 Å². The van der Waals surface area contributed by atoms with Gasteiger partial charge in [0.2, 0.25) is 0 Å². The molecular formula is C9H21N3O. The van der Waals surface area contributed by atoms with E-state index in [0.29, 0.717) is 13.1 Å². The van der Waals surface area contributed by atoms with E-state index in [-0.39, 0.29) is 11.6 Å². The average molecular weight is 187 g/mol. The lowest BCUT2D eigenvalue weighted by molar-refractivity contribution is 0.198. The fourth-order valence-corrected chi connectivity index (χ4v) is 0.952. The van der Waals surface area contributed by atoms with Crippen LogP contribution in [-0.4, -0.2) is 36.6 Å². The highest BCUT2D eigenvalue weighted by Crippen LogP contribution is 2.06. The Kier molecular flexibility index (Phi) is 4.77. The van der Waals surface area contributed by atoms with E-state index < -0.39 is 0 Å². The Bertz CT molecular complexity index is 168. The molecule has 0 aliphatic rings. The van der Waals surface area contributed by atoms with Crippen molar-refractivity contribution in [2.24, 2.45) is 5.73 Å². The van der Waals surface area contributed by atoms with Crippen LogP contribution in [0.25, 0.3) is 0 Å². The van der Waals surface area contributed by atoms with Gasteiger partial charge in [0.25, 0.3) is 0 Å². The zero-order valence-corrected chi connectivity index (χ0v) is 9.05. The summed E-state index contributed by atoms with van der Waals surface area (Å²) >= 11 is 0. The van der Waals surface area contributed by atoms with Crippen LogP contribution in [0.3, 0.4) is 0 Å². The van der Waals surface area contributed by atoms with Crippen molar-refractivity contribution in [3.63, 3.8) is 0 Å². The zero-order chi connectivity index (χ0) is 10.5. The molecule has 0 unspecified atom stereocenters. The van der Waals surface area contributed by atoms with Crippen molar-refractivity contribution >= 4 is 6.03 Å². The van der Waals surface area contributed by atoms with Crippen molar-refractivity contribution in [2.75, 3.05) is 20.1 Å². The predicted octanol–water partition coefficient (Wildman–Crippen LogP) is 0.775. The largest absolute Gasteiger partial charge is 0.333 e. The summed E-state index contributed by atoms with van der Waals surface area (Å²) in [6.07, 6.45) is 0.788. The third kappa shape index (κ3) is 4.72. The van der Waals surface area contributed by atoms with Gasteiger partial charge in [0.15, 0.2) is 0 Å². The summed E-state index contributed by atoms with van der Waals surface area (Å²) in [7, 11) is 1.77. The summed E-state index contributed by atoms with van der Waals surface area (Å²) in [5, 5.41) is 2.91. The first-order valence-corrected chi connectivity index (χ1v) is 4.66. The van der Waals surface area contributed by atoms with E-state index in [0.717, 1.165) is 6.42 Å². The van der Waals surface area contributed by atoms with Crippen LogP contribution in [0.1, 0.15) is 27.2 Å². The Hall–Kier alpha value is -0.770. The van der Waals surface area contributed by atoms with Crippen molar-refractivity contribution in [1.82, 2.24) is 10.2 Å². The van der Waals surface area contributed by atoms with Gasteiger partial charge in [-0.15, -0.1) is 0 Å². The Morgan fingerprint density at radius 2 is 2.08 bits per heavy atom. The SMILES string of the molecule is CCN(C)C(=O)NC(C)(C)CCN. The number of nitrogens with zero attached hydrogens (tertiary/aromatic N) is 1. The van der Waals surface area contributed by atoms with Crippen molar-refractivity contribution in [1.29, 1.82) is 0 Å². The van der Waals surface area contributed by atoms with Crippen LogP contribution in [0.15, 0.2) is 0 Å². The number of hydrogen-bond acceptors (Lipinski definition) is 2. The first-order valence-electron chi connectivity index (χ1n) is 4.66. The van der Waals surface area contributed by atoms with Crippen LogP contribution < -0.4 is 11.1 Å². The molecule has 13 heavy (non-hydrogen) atoms. The van der Waals surface area contributed by atoms with Crippen molar-refractivity contribution in [3.05, 3.63) is 0 Å². The minimum Gasteiger partial charge on any atom is -0.333 e. The summed E-state index contributed by atoms with van der Waals surface area (Å²) in [5.74, 6) is 0. The Labute approximate surface area is 80.5 Å². The number of nitrogens with one attached hydrogen (secondary N) is 1. The number of nitrogens with two attached hydrogens (primary N) is 1. The molecule has 0 saturated heterocycles. The average Bonchev–Trinajstić information content (AvgIpc) is 2.01. The number of hydrogen-bond donors (Lipinski definition) is 2. The quantitative estimate of drug-likeness (QED) is 0.683. The molecule has 4 nitrogen and oxygen atoms in total. The van der Waals surface area contributed by atoms with Crippen molar-refractivity contribution < 1.29 is 4.79 Å². The van der Waals surface area contributed by atoms with Crippen LogP contribution >= 0.6 is 0 Å². The molecule has 0 radical (unpaired) electrons. The molecule has 0 aromatic rings. The highest BCUT2D eigenvalue weighted by molar-refractivity contribution is 5.74. The molecule has 0 saturated carbocycles. The number of rotatable bonds is 4. The van der Waals surface area contributed by atoms with E-state index >= 15 is 0 Å². The van der Waals surface area contributed by atoms with Crippen molar-refractivity contribution in [2.45, 2.75) is 32.7 Å². The molecule has 4 heteroatoms. The third-order valence-electron chi connectivity index (χ3n) is 2.04. The van der Waals surface area contributed by atoms with E-state index in [4.69, 9.17) is 5.73 Å². The van der Waals surface area contributed by atoms with Crippen LogP contribution in [0, 0.1) is 0 Å². The van der Waals surface area contributed by atoms with Gasteiger partial charge in [-0.25, -0.2) is 4.79 Å². The highest BCUT2D eigenvalue weighted by atomic mass is 16.2. The standard InChI is InChI=1S/C9H21N3O/c1-5-12(4)8(13)11-9(2,3)6-7-10/h5-7,10H2,1-4H3,(H,11,13). The molecule has 3 N–H and O–H groups in total. The van der Waals surface area contributed by atoms with Gasteiger partial charge in [-0.1, -0.05) is 0 Å². The van der Waals surface area contributed by atoms with Gasteiger partial charge in [0.1, 0.15) is 0 Å². The summed E-state index contributed by atoms with van der Waals surface area (Å²) in [4.78, 5) is 13.1. The molecule has 0 bridgehead atoms. The molecule has 0 atom stereocenters. The predicted molar refractivity (Wildman–Crippen MR) is 54.6 cm³/mol. The maximum absolute atomic E-state index is 11.4. The Morgan fingerprint density at radius 1 is 1.54 bits per heavy atom. The minimum absolute atomic E-state index is 0.0408. The minimum atomic E-state index is -0.213. The fraction of sp³-hybridized carbons (Fsp3) is 0.889. The third-order valence-corrected chi connectivity index (χ3v) is 2.04. The van der Waals surface area contributed by atoms with Gasteiger partial charge < -0.3 is 16.0 Å². The van der Waals surface area contributed by atoms with Crippen molar-refractivity contribution in [3.8, 4) is 0 Å². The van der Waals surface area contributed by atoms with Gasteiger partial charge in [-0.05, 0) is 33.7 Å². The topological polar surface area (TPSA) is 58.4 Å². The molecule has 0 spiro atoms. The van der Waals surface area contributed by atoms with Crippen LogP contribution in [0.2, 0.25) is 0 Å². The maximum atomic E-state index is 11.4. The van der Waals surface area contributed by atoms with Gasteiger partial charge >= 0.3 is 6.03 Å². The van der Waals surface area contributed by atoms with Gasteiger partial charge in [0, 0.05) is 19.1 Å². The molecule has 78 valence electrons. The monoisotopic (exact) mass is 187 g/mol. The second-order valence-corrected chi connectivity index (χ2v) is 3.87. The first kappa shape index (κ1) is 12.2. The molecule has 0 aromatic heterocycles. The van der Waals surface area contributed by atoms with E-state index in [1.165, 1.54) is 0 Å². The lowest BCUT2D eigenvalue weighted by atomic mass is 10.0. The second-order valence-electron chi connectivity index (χ2n) is 3.87. The molecule has 0 aromatic carbocycles. The highest BCUT2D eigenvalue weighted by Gasteiger charge is 2.20. The van der Waals surface area contributed by atoms with Crippen LogP contribution in [-0.2, 0) is 0 Å². The molecule has 0 heterocycles. The molecular weight excluding hydrogens is 166 g/mol. The zero-order valence-electron chi connectivity index (χ0n) is 9.05. The molecule has 0 fully saturated rings. The van der Waals surface area contributed by atoms with E-state index in [1.807, 2.05) is 20.8 Å². The lowest BCUT2D eigenvalue weighted by Crippen LogP contribution is -2.49. The molecule has 0 aliphatic carbocycles.